The lowest BCUT2D eigenvalue weighted by molar-refractivity contribution is -0.120. The van der Waals surface area contributed by atoms with Crippen molar-refractivity contribution in [3.8, 4) is 0 Å². The molecule has 1 aliphatic rings. The molecule has 114 valence electrons. The first-order valence-corrected chi connectivity index (χ1v) is 7.30. The van der Waals surface area contributed by atoms with E-state index >= 15 is 0 Å². The topological polar surface area (TPSA) is 87.7 Å². The third kappa shape index (κ3) is 3.74. The summed E-state index contributed by atoms with van der Waals surface area (Å²) in [6.07, 6.45) is 2.77. The summed E-state index contributed by atoms with van der Waals surface area (Å²) >= 11 is 0. The van der Waals surface area contributed by atoms with E-state index in [0.29, 0.717) is 23.3 Å². The van der Waals surface area contributed by atoms with Gasteiger partial charge in [0.2, 0.25) is 5.91 Å². The molecule has 0 atom stereocenters. The maximum atomic E-state index is 12.0. The lowest BCUT2D eigenvalue weighted by Gasteiger charge is -2.20. The number of hydrogen-bond donors (Lipinski definition) is 3. The second-order valence-corrected chi connectivity index (χ2v) is 6.15. The zero-order chi connectivity index (χ0) is 15.5. The molecule has 0 bridgehead atoms. The van der Waals surface area contributed by atoms with Crippen molar-refractivity contribution in [1.29, 1.82) is 0 Å². The molecule has 4 N–H and O–H groups in total. The predicted octanol–water partition coefficient (Wildman–Crippen LogP) is 1.88. The highest BCUT2D eigenvalue weighted by molar-refractivity contribution is 5.97. The highest BCUT2D eigenvalue weighted by Gasteiger charge is 2.45. The Bertz CT molecular complexity index is 531. The van der Waals surface area contributed by atoms with Gasteiger partial charge in [-0.25, -0.2) is 0 Å². The summed E-state index contributed by atoms with van der Waals surface area (Å²) in [5.74, 6) is 0.718. The van der Waals surface area contributed by atoms with Crippen molar-refractivity contribution in [3.05, 3.63) is 35.4 Å². The molecule has 1 aromatic carbocycles. The van der Waals surface area contributed by atoms with Crippen LogP contribution in [0.3, 0.4) is 0 Å². The summed E-state index contributed by atoms with van der Waals surface area (Å²) in [6, 6.07) is 7.13. The number of hydrogen-bond acceptors (Lipinski definition) is 3. The van der Waals surface area contributed by atoms with Crippen LogP contribution in [0.25, 0.3) is 0 Å². The smallest absolute Gasteiger partial charge is 0.224 e. The average molecular weight is 289 g/mol. The highest BCUT2D eigenvalue weighted by Crippen LogP contribution is 2.51. The molecule has 0 unspecified atom stereocenters. The molecular formula is C16H23N3O2. The van der Waals surface area contributed by atoms with E-state index in [9.17, 15) is 4.79 Å². The number of rotatable bonds is 6. The van der Waals surface area contributed by atoms with Gasteiger partial charge in [0.05, 0.1) is 6.42 Å². The van der Waals surface area contributed by atoms with Crippen molar-refractivity contribution in [2.75, 3.05) is 6.54 Å². The molecule has 1 saturated carbocycles. The monoisotopic (exact) mass is 289 g/mol. The molecule has 0 radical (unpaired) electrons. The van der Waals surface area contributed by atoms with Gasteiger partial charge in [-0.15, -0.1) is 0 Å². The van der Waals surface area contributed by atoms with E-state index < -0.39 is 0 Å². The Kier molecular flexibility index (Phi) is 4.50. The van der Waals surface area contributed by atoms with Crippen molar-refractivity contribution in [3.63, 3.8) is 0 Å². The molecule has 0 saturated heterocycles. The van der Waals surface area contributed by atoms with Crippen molar-refractivity contribution in [2.45, 2.75) is 33.1 Å². The van der Waals surface area contributed by atoms with Gasteiger partial charge in [0, 0.05) is 12.1 Å². The summed E-state index contributed by atoms with van der Waals surface area (Å²) in [5, 5.41) is 14.6. The number of oxime groups is 1. The SMILES string of the molecule is CC(C)C1(CNC(=O)Cc2ccc(/C(N)=N/O)cc2)CC1. The minimum atomic E-state index is 0.0403. The average Bonchev–Trinajstić information content (AvgIpc) is 3.26. The Morgan fingerprint density at radius 2 is 2.00 bits per heavy atom. The molecule has 1 aromatic rings. The normalized spacial score (nSPS) is 16.8. The van der Waals surface area contributed by atoms with E-state index in [1.807, 2.05) is 12.1 Å². The van der Waals surface area contributed by atoms with E-state index in [2.05, 4.69) is 24.3 Å². The summed E-state index contributed by atoms with van der Waals surface area (Å²) in [5.41, 5.74) is 7.37. The van der Waals surface area contributed by atoms with Crippen LogP contribution in [-0.4, -0.2) is 23.5 Å². The molecule has 1 aliphatic carbocycles. The first-order chi connectivity index (χ1) is 9.97. The minimum Gasteiger partial charge on any atom is -0.409 e. The summed E-state index contributed by atoms with van der Waals surface area (Å²) in [7, 11) is 0. The molecular weight excluding hydrogens is 266 g/mol. The van der Waals surface area contributed by atoms with E-state index in [1.165, 1.54) is 12.8 Å². The van der Waals surface area contributed by atoms with Gasteiger partial charge in [0.15, 0.2) is 5.84 Å². The largest absolute Gasteiger partial charge is 0.409 e. The van der Waals surface area contributed by atoms with Gasteiger partial charge >= 0.3 is 0 Å². The van der Waals surface area contributed by atoms with Crippen molar-refractivity contribution < 1.29 is 10.0 Å². The van der Waals surface area contributed by atoms with Crippen LogP contribution in [-0.2, 0) is 11.2 Å². The maximum absolute atomic E-state index is 12.0. The molecule has 0 aromatic heterocycles. The van der Waals surface area contributed by atoms with Crippen LogP contribution < -0.4 is 11.1 Å². The number of nitrogens with zero attached hydrogens (tertiary/aromatic N) is 1. The molecule has 0 aliphatic heterocycles. The van der Waals surface area contributed by atoms with Gasteiger partial charge in [-0.3, -0.25) is 4.79 Å². The van der Waals surface area contributed by atoms with Gasteiger partial charge in [-0.05, 0) is 29.7 Å². The van der Waals surface area contributed by atoms with E-state index in [4.69, 9.17) is 10.9 Å². The van der Waals surface area contributed by atoms with Crippen LogP contribution in [0.5, 0.6) is 0 Å². The van der Waals surface area contributed by atoms with Gasteiger partial charge < -0.3 is 16.3 Å². The van der Waals surface area contributed by atoms with E-state index in [-0.39, 0.29) is 11.7 Å². The first kappa shape index (κ1) is 15.4. The van der Waals surface area contributed by atoms with Crippen LogP contribution in [0.1, 0.15) is 37.8 Å². The first-order valence-electron chi connectivity index (χ1n) is 7.30. The van der Waals surface area contributed by atoms with Crippen LogP contribution >= 0.6 is 0 Å². The Morgan fingerprint density at radius 1 is 1.38 bits per heavy atom. The van der Waals surface area contributed by atoms with Gasteiger partial charge in [0.25, 0.3) is 0 Å². The molecule has 1 amide bonds. The Balaban J connectivity index is 1.85. The molecule has 21 heavy (non-hydrogen) atoms. The van der Waals surface area contributed by atoms with Crippen molar-refractivity contribution >= 4 is 11.7 Å². The predicted molar refractivity (Wildman–Crippen MR) is 82.2 cm³/mol. The molecule has 2 rings (SSSR count). The lowest BCUT2D eigenvalue weighted by atomic mass is 9.92. The van der Waals surface area contributed by atoms with Gasteiger partial charge in [-0.2, -0.15) is 0 Å². The number of carbonyl (C=O) groups is 1. The third-order valence-electron chi connectivity index (χ3n) is 4.48. The number of carbonyl (C=O) groups excluding carboxylic acids is 1. The molecule has 5 nitrogen and oxygen atoms in total. The lowest BCUT2D eigenvalue weighted by Crippen LogP contribution is -2.33. The fourth-order valence-electron chi connectivity index (χ4n) is 2.49. The van der Waals surface area contributed by atoms with Gasteiger partial charge in [0.1, 0.15) is 0 Å². The van der Waals surface area contributed by atoms with Crippen LogP contribution in [0.2, 0.25) is 0 Å². The van der Waals surface area contributed by atoms with E-state index in [1.54, 1.807) is 12.1 Å². The Morgan fingerprint density at radius 3 is 2.48 bits per heavy atom. The summed E-state index contributed by atoms with van der Waals surface area (Å²) in [6.45, 7) is 5.20. The Labute approximate surface area is 125 Å². The fraction of sp³-hybridized carbons (Fsp3) is 0.500. The fourth-order valence-corrected chi connectivity index (χ4v) is 2.49. The number of amides is 1. The molecule has 0 spiro atoms. The zero-order valence-corrected chi connectivity index (χ0v) is 12.6. The number of nitrogens with two attached hydrogens (primary N) is 1. The second kappa shape index (κ2) is 6.16. The molecule has 5 heteroatoms. The minimum absolute atomic E-state index is 0.0403. The molecule has 0 heterocycles. The van der Waals surface area contributed by atoms with Crippen molar-refractivity contribution in [2.24, 2.45) is 22.2 Å². The number of nitrogens with one attached hydrogen (secondary N) is 1. The third-order valence-corrected chi connectivity index (χ3v) is 4.48. The number of benzene rings is 1. The number of amidine groups is 1. The van der Waals surface area contributed by atoms with E-state index in [0.717, 1.165) is 12.1 Å². The van der Waals surface area contributed by atoms with Crippen LogP contribution in [0.15, 0.2) is 29.4 Å². The quantitative estimate of drug-likeness (QED) is 0.323. The van der Waals surface area contributed by atoms with Gasteiger partial charge in [-0.1, -0.05) is 43.3 Å². The Hall–Kier alpha value is -2.04. The van der Waals surface area contributed by atoms with Crippen LogP contribution in [0.4, 0.5) is 0 Å². The maximum Gasteiger partial charge on any atom is 0.224 e. The molecule has 1 fully saturated rings. The second-order valence-electron chi connectivity index (χ2n) is 6.15. The summed E-state index contributed by atoms with van der Waals surface area (Å²) in [4.78, 5) is 12.0. The standard InChI is InChI=1S/C16H23N3O2/c1-11(2)16(7-8-16)10-18-14(20)9-12-3-5-13(6-4-12)15(17)19-21/h3-6,11,21H,7-10H2,1-2H3,(H2,17,19)(H,18,20). The highest BCUT2D eigenvalue weighted by atomic mass is 16.4. The van der Waals surface area contributed by atoms with Crippen molar-refractivity contribution in [1.82, 2.24) is 5.32 Å². The zero-order valence-electron chi connectivity index (χ0n) is 12.6. The summed E-state index contributed by atoms with van der Waals surface area (Å²) < 4.78 is 0. The van der Waals surface area contributed by atoms with Crippen LogP contribution in [0, 0.1) is 11.3 Å².